The van der Waals surface area contributed by atoms with E-state index in [0.717, 1.165) is 0 Å². The van der Waals surface area contributed by atoms with Gasteiger partial charge in [-0.25, -0.2) is 0 Å². The third kappa shape index (κ3) is 4.78. The Labute approximate surface area is 145 Å². The molecule has 1 aliphatic heterocycles. The highest BCUT2D eigenvalue weighted by Gasteiger charge is 2.32. The molecule has 0 aromatic heterocycles. The first-order valence-electron chi connectivity index (χ1n) is 7.46. The fraction of sp³-hybridized carbons (Fsp3) is 0.500. The third-order valence-electron chi connectivity index (χ3n) is 3.36. The van der Waals surface area contributed by atoms with Gasteiger partial charge in [-0.1, -0.05) is 25.4 Å². The maximum absolute atomic E-state index is 12.3. The van der Waals surface area contributed by atoms with Crippen molar-refractivity contribution < 1.29 is 14.3 Å². The minimum atomic E-state index is -0.437. The van der Waals surface area contributed by atoms with Crippen molar-refractivity contribution in [1.29, 1.82) is 0 Å². The fourth-order valence-electron chi connectivity index (χ4n) is 2.15. The van der Waals surface area contributed by atoms with Crippen LogP contribution in [0.5, 0.6) is 5.75 Å². The normalized spacial score (nSPS) is 17.4. The van der Waals surface area contributed by atoms with Crippen molar-refractivity contribution in [1.82, 2.24) is 4.90 Å². The summed E-state index contributed by atoms with van der Waals surface area (Å²) >= 11 is 7.76. The highest BCUT2D eigenvalue weighted by Crippen LogP contribution is 2.29. The summed E-state index contributed by atoms with van der Waals surface area (Å²) in [6, 6.07) is 4.72. The van der Waals surface area contributed by atoms with Gasteiger partial charge in [0.15, 0.2) is 0 Å². The molecule has 1 heterocycles. The van der Waals surface area contributed by atoms with Crippen LogP contribution in [0.3, 0.4) is 0 Å². The second kappa shape index (κ2) is 7.93. The van der Waals surface area contributed by atoms with E-state index in [1.165, 1.54) is 6.92 Å². The number of hydrogen-bond acceptors (Lipinski definition) is 4. The van der Waals surface area contributed by atoms with Gasteiger partial charge in [-0.15, -0.1) is 11.8 Å². The molecule has 2 rings (SSSR count). The van der Waals surface area contributed by atoms with E-state index in [0.29, 0.717) is 40.6 Å². The van der Waals surface area contributed by atoms with Gasteiger partial charge in [-0.2, -0.15) is 0 Å². The molecule has 1 aromatic carbocycles. The number of anilines is 1. The van der Waals surface area contributed by atoms with Crippen LogP contribution in [-0.2, 0) is 9.59 Å². The van der Waals surface area contributed by atoms with E-state index in [9.17, 15) is 9.59 Å². The summed E-state index contributed by atoms with van der Waals surface area (Å²) in [4.78, 5) is 25.5. The Morgan fingerprint density at radius 3 is 2.83 bits per heavy atom. The number of carbonyl (C=O) groups excluding carboxylic acids is 2. The van der Waals surface area contributed by atoms with Crippen molar-refractivity contribution in [3.8, 4) is 5.75 Å². The molecule has 1 N–H and O–H groups in total. The second-order valence-electron chi connectivity index (χ2n) is 5.84. The molecule has 1 aliphatic rings. The van der Waals surface area contributed by atoms with Crippen molar-refractivity contribution >= 4 is 40.9 Å². The van der Waals surface area contributed by atoms with Crippen molar-refractivity contribution in [2.24, 2.45) is 5.92 Å². The molecule has 126 valence electrons. The zero-order valence-electron chi connectivity index (χ0n) is 13.5. The zero-order chi connectivity index (χ0) is 17.0. The Kier molecular flexibility index (Phi) is 6.18. The molecule has 0 unspecified atom stereocenters. The Bertz CT molecular complexity index is 595. The first-order valence-corrected chi connectivity index (χ1v) is 9.00. The number of thioether (sulfide) groups is 1. The number of amides is 2. The minimum absolute atomic E-state index is 0.0920. The van der Waals surface area contributed by atoms with Crippen LogP contribution in [0.4, 0.5) is 5.69 Å². The van der Waals surface area contributed by atoms with Crippen molar-refractivity contribution in [3.63, 3.8) is 0 Å². The summed E-state index contributed by atoms with van der Waals surface area (Å²) < 4.78 is 5.61. The van der Waals surface area contributed by atoms with Gasteiger partial charge in [-0.3, -0.25) is 9.59 Å². The third-order valence-corrected chi connectivity index (χ3v) is 4.67. The number of halogens is 1. The first kappa shape index (κ1) is 17.9. The number of benzene rings is 1. The molecular formula is C16H21ClN2O3S. The maximum atomic E-state index is 12.3. The molecule has 0 radical (unpaired) electrons. The van der Waals surface area contributed by atoms with Crippen LogP contribution in [0, 0.1) is 5.92 Å². The molecule has 5 nitrogen and oxygen atoms in total. The number of carbonyl (C=O) groups is 2. The lowest BCUT2D eigenvalue weighted by atomic mass is 10.2. The Hall–Kier alpha value is -1.40. The lowest BCUT2D eigenvalue weighted by molar-refractivity contribution is -0.134. The van der Waals surface area contributed by atoms with Gasteiger partial charge in [0.1, 0.15) is 11.8 Å². The average molecular weight is 357 g/mol. The molecule has 1 saturated heterocycles. The topological polar surface area (TPSA) is 58.6 Å². The van der Waals surface area contributed by atoms with E-state index in [2.05, 4.69) is 19.2 Å². The predicted molar refractivity (Wildman–Crippen MR) is 94.0 cm³/mol. The van der Waals surface area contributed by atoms with Gasteiger partial charge in [0.2, 0.25) is 11.8 Å². The van der Waals surface area contributed by atoms with Gasteiger partial charge in [0, 0.05) is 18.4 Å². The summed E-state index contributed by atoms with van der Waals surface area (Å²) in [5.74, 6) is 1.87. The van der Waals surface area contributed by atoms with Crippen LogP contribution in [0.15, 0.2) is 18.2 Å². The molecule has 23 heavy (non-hydrogen) atoms. The van der Waals surface area contributed by atoms with E-state index in [-0.39, 0.29) is 11.8 Å². The predicted octanol–water partition coefficient (Wildman–Crippen LogP) is 3.23. The van der Waals surface area contributed by atoms with Gasteiger partial charge in [0.05, 0.1) is 17.5 Å². The van der Waals surface area contributed by atoms with Crippen molar-refractivity contribution in [2.75, 3.05) is 23.6 Å². The van der Waals surface area contributed by atoms with E-state index >= 15 is 0 Å². The van der Waals surface area contributed by atoms with Gasteiger partial charge in [-0.05, 0) is 24.1 Å². The zero-order valence-corrected chi connectivity index (χ0v) is 15.0. The molecule has 0 spiro atoms. The van der Waals surface area contributed by atoms with E-state index in [4.69, 9.17) is 16.3 Å². The largest absolute Gasteiger partial charge is 0.492 e. The lowest BCUT2D eigenvalue weighted by Gasteiger charge is -2.21. The van der Waals surface area contributed by atoms with E-state index in [1.54, 1.807) is 34.9 Å². The first-order chi connectivity index (χ1) is 10.9. The quantitative estimate of drug-likeness (QED) is 0.879. The SMILES string of the molecule is CC(=O)N1CSC[C@@H]1C(=O)Nc1ccc(OCC(C)C)c(Cl)c1. The summed E-state index contributed by atoms with van der Waals surface area (Å²) in [7, 11) is 0. The maximum Gasteiger partial charge on any atom is 0.248 e. The average Bonchev–Trinajstić information content (AvgIpc) is 2.96. The molecule has 1 fully saturated rings. The van der Waals surface area contributed by atoms with Crippen LogP contribution in [-0.4, -0.2) is 41.0 Å². The minimum Gasteiger partial charge on any atom is -0.492 e. The molecule has 7 heteroatoms. The van der Waals surface area contributed by atoms with Crippen molar-refractivity contribution in [2.45, 2.75) is 26.8 Å². The smallest absolute Gasteiger partial charge is 0.248 e. The Morgan fingerprint density at radius 2 is 2.22 bits per heavy atom. The van der Waals surface area contributed by atoms with E-state index in [1.807, 2.05) is 0 Å². The number of nitrogens with zero attached hydrogens (tertiary/aromatic N) is 1. The molecular weight excluding hydrogens is 336 g/mol. The summed E-state index contributed by atoms with van der Waals surface area (Å²) in [5.41, 5.74) is 0.595. The molecule has 2 amide bonds. The second-order valence-corrected chi connectivity index (χ2v) is 7.25. The number of ether oxygens (including phenoxy) is 1. The van der Waals surface area contributed by atoms with Crippen LogP contribution < -0.4 is 10.1 Å². The lowest BCUT2D eigenvalue weighted by Crippen LogP contribution is -2.43. The summed E-state index contributed by atoms with van der Waals surface area (Å²) in [6.45, 7) is 6.17. The van der Waals surface area contributed by atoms with Gasteiger partial charge < -0.3 is 15.0 Å². The van der Waals surface area contributed by atoms with Gasteiger partial charge >= 0.3 is 0 Å². The van der Waals surface area contributed by atoms with Crippen molar-refractivity contribution in [3.05, 3.63) is 23.2 Å². The summed E-state index contributed by atoms with van der Waals surface area (Å²) in [5, 5.41) is 3.27. The van der Waals surface area contributed by atoms with E-state index < -0.39 is 6.04 Å². The molecule has 0 bridgehead atoms. The number of nitrogens with one attached hydrogen (secondary N) is 1. The Morgan fingerprint density at radius 1 is 1.48 bits per heavy atom. The molecule has 0 aliphatic carbocycles. The summed E-state index contributed by atoms with van der Waals surface area (Å²) in [6.07, 6.45) is 0. The molecule has 1 atom stereocenters. The standard InChI is InChI=1S/C16H21ClN2O3S/c1-10(2)7-22-15-5-4-12(6-13(15)17)18-16(21)14-8-23-9-19(14)11(3)20/h4-6,10,14H,7-9H2,1-3H3,(H,18,21)/t14-/m1/s1. The Balaban J connectivity index is 2.01. The number of rotatable bonds is 5. The molecule has 1 aromatic rings. The van der Waals surface area contributed by atoms with Gasteiger partial charge in [0.25, 0.3) is 0 Å². The molecule has 0 saturated carbocycles. The van der Waals surface area contributed by atoms with Crippen LogP contribution in [0.25, 0.3) is 0 Å². The highest BCUT2D eigenvalue weighted by molar-refractivity contribution is 7.99. The van der Waals surface area contributed by atoms with Crippen LogP contribution in [0.2, 0.25) is 5.02 Å². The van der Waals surface area contributed by atoms with Crippen LogP contribution in [0.1, 0.15) is 20.8 Å². The monoisotopic (exact) mass is 356 g/mol. The van der Waals surface area contributed by atoms with Crippen LogP contribution >= 0.6 is 23.4 Å². The highest BCUT2D eigenvalue weighted by atomic mass is 35.5. The fourth-order valence-corrected chi connectivity index (χ4v) is 3.60. The number of hydrogen-bond donors (Lipinski definition) is 1.